The van der Waals surface area contributed by atoms with Crippen molar-refractivity contribution in [2.24, 2.45) is 5.92 Å². The van der Waals surface area contributed by atoms with Gasteiger partial charge in [0.15, 0.2) is 0 Å². The largest absolute Gasteiger partial charge is 0.453 e. The summed E-state index contributed by atoms with van der Waals surface area (Å²) in [6.07, 6.45) is 2.40. The summed E-state index contributed by atoms with van der Waals surface area (Å²) in [4.78, 5) is 40.3. The Kier molecular flexibility index (Phi) is 11.1. The normalized spacial score (nSPS) is 19.6. The van der Waals surface area contributed by atoms with Crippen LogP contribution in [0.25, 0.3) is 0 Å². The average molecular weight is 524 g/mol. The summed E-state index contributed by atoms with van der Waals surface area (Å²) in [5.74, 6) is 0.204. The molecule has 36 heavy (non-hydrogen) atoms. The molecule has 2 saturated heterocycles. The number of nitrogens with one attached hydrogen (secondary N) is 3. The van der Waals surface area contributed by atoms with Gasteiger partial charge in [-0.2, -0.15) is 0 Å². The van der Waals surface area contributed by atoms with Crippen LogP contribution in [-0.2, 0) is 14.3 Å². The number of hydrogen-bond donors (Lipinski definition) is 3. The maximum atomic E-state index is 13.2. The summed E-state index contributed by atoms with van der Waals surface area (Å²) in [5, 5.41) is 9.48. The number of benzene rings is 1. The van der Waals surface area contributed by atoms with Crippen molar-refractivity contribution in [3.05, 3.63) is 34.9 Å². The van der Waals surface area contributed by atoms with Gasteiger partial charge in [-0.15, -0.1) is 0 Å². The summed E-state index contributed by atoms with van der Waals surface area (Å²) in [6, 6.07) is 7.25. The number of urea groups is 1. The lowest BCUT2D eigenvalue weighted by Gasteiger charge is -2.38. The molecule has 0 aliphatic carbocycles. The highest BCUT2D eigenvalue weighted by molar-refractivity contribution is 6.30. The monoisotopic (exact) mass is 523 g/mol. The van der Waals surface area contributed by atoms with E-state index in [-0.39, 0.29) is 30.0 Å². The van der Waals surface area contributed by atoms with Crippen molar-refractivity contribution >= 4 is 29.6 Å². The van der Waals surface area contributed by atoms with Gasteiger partial charge in [0.2, 0.25) is 5.91 Å². The van der Waals surface area contributed by atoms with Crippen LogP contribution in [0.4, 0.5) is 9.59 Å². The number of carbonyl (C=O) groups excluding carboxylic acids is 3. The molecule has 1 aromatic carbocycles. The molecule has 3 rings (SSSR count). The molecule has 2 aliphatic rings. The van der Waals surface area contributed by atoms with Crippen LogP contribution in [0.5, 0.6) is 0 Å². The van der Waals surface area contributed by atoms with E-state index in [1.54, 1.807) is 0 Å². The molecule has 2 fully saturated rings. The van der Waals surface area contributed by atoms with Crippen LogP contribution >= 0.6 is 11.6 Å². The van der Waals surface area contributed by atoms with E-state index < -0.39 is 6.09 Å². The lowest BCUT2D eigenvalue weighted by atomic mass is 9.88. The molecule has 11 heteroatoms. The van der Waals surface area contributed by atoms with Gasteiger partial charge in [0.1, 0.15) is 0 Å². The van der Waals surface area contributed by atoms with E-state index in [0.717, 1.165) is 31.4 Å². The summed E-state index contributed by atoms with van der Waals surface area (Å²) in [5.41, 5.74) is 0.938. The van der Waals surface area contributed by atoms with E-state index in [2.05, 4.69) is 20.7 Å². The number of likely N-dealkylation sites (N-methyl/N-ethyl adjacent to an activating group) is 1. The fourth-order valence-electron chi connectivity index (χ4n) is 4.88. The van der Waals surface area contributed by atoms with Crippen molar-refractivity contribution in [2.45, 2.75) is 37.8 Å². The van der Waals surface area contributed by atoms with Crippen LogP contribution in [0.3, 0.4) is 0 Å². The molecular formula is C25H38ClN5O5. The van der Waals surface area contributed by atoms with E-state index in [9.17, 15) is 14.4 Å². The van der Waals surface area contributed by atoms with E-state index >= 15 is 0 Å². The number of methoxy groups -OCH3 is 1. The molecule has 1 aromatic rings. The van der Waals surface area contributed by atoms with Crippen molar-refractivity contribution < 1.29 is 23.9 Å². The van der Waals surface area contributed by atoms with Crippen LogP contribution in [-0.4, -0.2) is 93.9 Å². The summed E-state index contributed by atoms with van der Waals surface area (Å²) in [6.45, 7) is 3.61. The Bertz CT molecular complexity index is 888. The summed E-state index contributed by atoms with van der Waals surface area (Å²) in [7, 11) is 3.15. The lowest BCUT2D eigenvalue weighted by Crippen LogP contribution is -2.54. The summed E-state index contributed by atoms with van der Waals surface area (Å²) < 4.78 is 10.8. The van der Waals surface area contributed by atoms with Gasteiger partial charge in [0.25, 0.3) is 0 Å². The second kappa shape index (κ2) is 14.2. The zero-order valence-corrected chi connectivity index (χ0v) is 21.9. The fraction of sp³-hybridized carbons (Fsp3) is 0.640. The highest BCUT2D eigenvalue weighted by Gasteiger charge is 2.32. The smallest absolute Gasteiger partial charge is 0.406 e. The number of hydrogen-bond acceptors (Lipinski definition) is 6. The number of amides is 4. The third-order valence-corrected chi connectivity index (χ3v) is 6.83. The average Bonchev–Trinajstić information content (AvgIpc) is 3.28. The van der Waals surface area contributed by atoms with Gasteiger partial charge in [-0.1, -0.05) is 23.7 Å². The summed E-state index contributed by atoms with van der Waals surface area (Å²) >= 11 is 6.26. The first-order chi connectivity index (χ1) is 17.4. The highest BCUT2D eigenvalue weighted by Crippen LogP contribution is 2.34. The molecule has 1 unspecified atom stereocenters. The number of nitrogens with zero attached hydrogens (tertiary/aromatic N) is 2. The molecule has 0 bridgehead atoms. The molecule has 200 valence electrons. The SMILES string of the molecule is CNC[C@H](CN1CCCC1=O)NC(=O)N1CCC[C@@H](C(OCCNC(=O)OC)c2cccc(Cl)c2)C1. The molecule has 0 saturated carbocycles. The Hall–Kier alpha value is -2.56. The van der Waals surface area contributed by atoms with Crippen molar-refractivity contribution in [3.63, 3.8) is 0 Å². The first-order valence-electron chi connectivity index (χ1n) is 12.6. The standard InChI is InChI=1S/C25H38ClN5O5/c1-27-15-21(17-30-11-5-9-22(30)32)29-24(33)31-12-4-7-19(16-31)23(18-6-3-8-20(26)14-18)36-13-10-28-25(34)35-2/h3,6,8,14,19,21,23,27H,4-5,7,9-13,15-17H2,1-2H3,(H,28,34)(H,29,33)/t19-,21-,23?/m1/s1. The van der Waals surface area contributed by atoms with E-state index in [1.807, 2.05) is 41.1 Å². The second-order valence-electron chi connectivity index (χ2n) is 9.26. The van der Waals surface area contributed by atoms with Gasteiger partial charge in [0.05, 0.1) is 25.9 Å². The van der Waals surface area contributed by atoms with Crippen LogP contribution in [0.1, 0.15) is 37.4 Å². The quantitative estimate of drug-likeness (QED) is 0.384. The third kappa shape index (κ3) is 8.25. The molecule has 0 spiro atoms. The Balaban J connectivity index is 1.63. The van der Waals surface area contributed by atoms with Gasteiger partial charge < -0.3 is 35.2 Å². The lowest BCUT2D eigenvalue weighted by molar-refractivity contribution is -0.127. The Labute approximate surface area is 218 Å². The van der Waals surface area contributed by atoms with E-state index in [1.165, 1.54) is 7.11 Å². The molecule has 0 radical (unpaired) electrons. The first kappa shape index (κ1) is 28.0. The van der Waals surface area contributed by atoms with Crippen molar-refractivity contribution in [1.29, 1.82) is 0 Å². The third-order valence-electron chi connectivity index (χ3n) is 6.59. The van der Waals surface area contributed by atoms with Gasteiger partial charge in [-0.05, 0) is 44.0 Å². The molecule has 4 amide bonds. The fourth-order valence-corrected chi connectivity index (χ4v) is 5.08. The molecule has 3 atom stereocenters. The van der Waals surface area contributed by atoms with Crippen LogP contribution < -0.4 is 16.0 Å². The molecule has 3 N–H and O–H groups in total. The number of likely N-dealkylation sites (tertiary alicyclic amines) is 2. The molecule has 10 nitrogen and oxygen atoms in total. The zero-order chi connectivity index (χ0) is 25.9. The number of halogens is 1. The predicted molar refractivity (Wildman–Crippen MR) is 137 cm³/mol. The Morgan fingerprint density at radius 1 is 1.25 bits per heavy atom. The number of ether oxygens (including phenoxy) is 2. The van der Waals surface area contributed by atoms with Gasteiger partial charge in [0, 0.05) is 56.6 Å². The van der Waals surface area contributed by atoms with E-state index in [0.29, 0.717) is 50.8 Å². The van der Waals surface area contributed by atoms with Crippen LogP contribution in [0.2, 0.25) is 5.02 Å². The minimum atomic E-state index is -0.509. The minimum Gasteiger partial charge on any atom is -0.453 e. The second-order valence-corrected chi connectivity index (χ2v) is 9.70. The molecule has 2 heterocycles. The Morgan fingerprint density at radius 3 is 2.78 bits per heavy atom. The molecule has 2 aliphatic heterocycles. The van der Waals surface area contributed by atoms with Crippen molar-refractivity contribution in [1.82, 2.24) is 25.8 Å². The number of rotatable bonds is 11. The number of alkyl carbamates (subject to hydrolysis) is 1. The number of piperidine rings is 1. The first-order valence-corrected chi connectivity index (χ1v) is 13.0. The number of carbonyl (C=O) groups is 3. The predicted octanol–water partition coefficient (Wildman–Crippen LogP) is 2.39. The minimum absolute atomic E-state index is 0.0593. The maximum absolute atomic E-state index is 13.2. The van der Waals surface area contributed by atoms with Crippen molar-refractivity contribution in [2.75, 3.05) is 60.0 Å². The van der Waals surface area contributed by atoms with Gasteiger partial charge in [-0.3, -0.25) is 4.79 Å². The Morgan fingerprint density at radius 2 is 2.08 bits per heavy atom. The van der Waals surface area contributed by atoms with E-state index in [4.69, 9.17) is 16.3 Å². The topological polar surface area (TPSA) is 112 Å². The van der Waals surface area contributed by atoms with Crippen LogP contribution in [0.15, 0.2) is 24.3 Å². The van der Waals surface area contributed by atoms with Crippen LogP contribution in [0, 0.1) is 5.92 Å². The van der Waals surface area contributed by atoms with Gasteiger partial charge >= 0.3 is 12.1 Å². The molecule has 0 aromatic heterocycles. The molecular weight excluding hydrogens is 486 g/mol. The zero-order valence-electron chi connectivity index (χ0n) is 21.1. The van der Waals surface area contributed by atoms with Crippen molar-refractivity contribution in [3.8, 4) is 0 Å². The maximum Gasteiger partial charge on any atom is 0.406 e. The highest BCUT2D eigenvalue weighted by atomic mass is 35.5. The van der Waals surface area contributed by atoms with Gasteiger partial charge in [-0.25, -0.2) is 9.59 Å².